The number of nitriles is 1. The minimum Gasteiger partial charge on any atom is -0.497 e. The van der Waals surface area contributed by atoms with Gasteiger partial charge in [-0.1, -0.05) is 26.0 Å². The summed E-state index contributed by atoms with van der Waals surface area (Å²) < 4.78 is 46.2. The first-order chi connectivity index (χ1) is 16.5. The van der Waals surface area contributed by atoms with Gasteiger partial charge >= 0.3 is 12.2 Å². The molecule has 0 unspecified atom stereocenters. The third kappa shape index (κ3) is 4.78. The number of nitrogens with zero attached hydrogens (tertiary/aromatic N) is 3. The summed E-state index contributed by atoms with van der Waals surface area (Å²) in [6, 6.07) is 15.5. The van der Waals surface area contributed by atoms with Crippen LogP contribution in [0.5, 0.6) is 5.75 Å². The van der Waals surface area contributed by atoms with Gasteiger partial charge < -0.3 is 10.1 Å². The Morgan fingerprint density at radius 2 is 1.89 bits per heavy atom. The van der Waals surface area contributed by atoms with Gasteiger partial charge in [0.05, 0.1) is 41.4 Å². The van der Waals surface area contributed by atoms with Gasteiger partial charge in [0.1, 0.15) is 5.75 Å². The van der Waals surface area contributed by atoms with Crippen molar-refractivity contribution in [3.05, 3.63) is 77.0 Å². The van der Waals surface area contributed by atoms with E-state index in [0.29, 0.717) is 23.5 Å². The maximum atomic E-state index is 13.8. The van der Waals surface area contributed by atoms with E-state index in [1.807, 2.05) is 19.9 Å². The molecule has 0 spiro atoms. The Kier molecular flexibility index (Phi) is 6.15. The first-order valence-electron chi connectivity index (χ1n) is 10.8. The fourth-order valence-electron chi connectivity index (χ4n) is 4.13. The number of fused-ring (bicyclic) bond motifs is 1. The number of ether oxygens (including phenoxy) is 1. The van der Waals surface area contributed by atoms with Gasteiger partial charge in [0, 0.05) is 24.1 Å². The molecule has 0 atom stereocenters. The average Bonchev–Trinajstić information content (AvgIpc) is 3.12. The first kappa shape index (κ1) is 24.1. The number of hydrogen-bond acceptors (Lipinski definition) is 4. The van der Waals surface area contributed by atoms with E-state index >= 15 is 0 Å². The molecule has 0 fully saturated rings. The monoisotopic (exact) mass is 480 g/mol. The molecule has 1 N–H and O–H groups in total. The molecular weight excluding hydrogens is 457 g/mol. The summed E-state index contributed by atoms with van der Waals surface area (Å²) in [6.07, 6.45) is -4.59. The summed E-state index contributed by atoms with van der Waals surface area (Å²) in [5, 5.41) is 11.8. The number of urea groups is 1. The number of carbonyl (C=O) groups is 1. The molecule has 3 aromatic rings. The molecule has 2 heterocycles. The number of carbonyl (C=O) groups excluding carboxylic acids is 1. The fraction of sp³-hybridized carbons (Fsp3) is 0.269. The van der Waals surface area contributed by atoms with Crippen LogP contribution in [0.15, 0.2) is 54.6 Å². The zero-order valence-corrected chi connectivity index (χ0v) is 19.4. The van der Waals surface area contributed by atoms with Crippen molar-refractivity contribution in [1.29, 1.82) is 5.26 Å². The topological polar surface area (TPSA) is 78.2 Å². The van der Waals surface area contributed by atoms with Gasteiger partial charge in [-0.05, 0) is 48.0 Å². The molecule has 1 aliphatic rings. The van der Waals surface area contributed by atoms with E-state index in [2.05, 4.69) is 10.3 Å². The molecule has 4 rings (SSSR count). The highest BCUT2D eigenvalue weighted by atomic mass is 19.4. The van der Waals surface area contributed by atoms with Crippen LogP contribution in [0, 0.1) is 11.3 Å². The summed E-state index contributed by atoms with van der Waals surface area (Å²) in [5.41, 5.74) is 1.18. The van der Waals surface area contributed by atoms with Crippen LogP contribution in [0.3, 0.4) is 0 Å². The van der Waals surface area contributed by atoms with E-state index in [1.165, 1.54) is 25.3 Å². The van der Waals surface area contributed by atoms with Crippen LogP contribution >= 0.6 is 0 Å². The number of halogens is 3. The third-order valence-corrected chi connectivity index (χ3v) is 5.94. The molecule has 0 saturated heterocycles. The second-order valence-corrected chi connectivity index (χ2v) is 8.91. The van der Waals surface area contributed by atoms with Crippen molar-refractivity contribution >= 4 is 11.7 Å². The molecule has 0 radical (unpaired) electrons. The Morgan fingerprint density at radius 3 is 2.51 bits per heavy atom. The first-order valence-corrected chi connectivity index (χ1v) is 10.8. The molecule has 0 saturated carbocycles. The van der Waals surface area contributed by atoms with Gasteiger partial charge in [0.15, 0.2) is 0 Å². The van der Waals surface area contributed by atoms with Crippen molar-refractivity contribution in [3.63, 3.8) is 0 Å². The lowest BCUT2D eigenvalue weighted by Gasteiger charge is -2.20. The summed E-state index contributed by atoms with van der Waals surface area (Å²) >= 11 is 0. The minimum absolute atomic E-state index is 0.0550. The zero-order chi connectivity index (χ0) is 25.4. The predicted octanol–water partition coefficient (Wildman–Crippen LogP) is 5.66. The number of pyridine rings is 1. The van der Waals surface area contributed by atoms with Gasteiger partial charge in [-0.3, -0.25) is 4.90 Å². The normalized spacial score (nSPS) is 14.3. The average molecular weight is 480 g/mol. The number of amides is 2. The molecule has 2 aromatic carbocycles. The molecule has 2 amide bonds. The second-order valence-electron chi connectivity index (χ2n) is 8.91. The van der Waals surface area contributed by atoms with Crippen molar-refractivity contribution in [2.75, 3.05) is 18.6 Å². The molecule has 1 aromatic heterocycles. The maximum absolute atomic E-state index is 13.8. The number of benzene rings is 2. The largest absolute Gasteiger partial charge is 0.497 e. The van der Waals surface area contributed by atoms with E-state index in [1.54, 1.807) is 35.2 Å². The number of methoxy groups -OCH3 is 1. The highest BCUT2D eigenvalue weighted by molar-refractivity contribution is 5.95. The smallest absolute Gasteiger partial charge is 0.417 e. The number of nitrogens with one attached hydrogen (secondary N) is 1. The van der Waals surface area contributed by atoms with Crippen molar-refractivity contribution in [1.82, 2.24) is 10.3 Å². The van der Waals surface area contributed by atoms with E-state index < -0.39 is 17.2 Å². The highest BCUT2D eigenvalue weighted by Crippen LogP contribution is 2.43. The molecule has 9 heteroatoms. The van der Waals surface area contributed by atoms with Crippen molar-refractivity contribution in [2.24, 2.45) is 0 Å². The van der Waals surface area contributed by atoms with Crippen LogP contribution in [-0.4, -0.2) is 24.7 Å². The third-order valence-electron chi connectivity index (χ3n) is 5.94. The summed E-state index contributed by atoms with van der Waals surface area (Å²) in [6.45, 7) is 4.39. The molecule has 180 valence electrons. The Bertz CT molecular complexity index is 1310. The molecular formula is C26H23F3N4O2. The zero-order valence-electron chi connectivity index (χ0n) is 19.4. The Hall–Kier alpha value is -4.06. The second kappa shape index (κ2) is 8.95. The SMILES string of the molecule is COc1ccc(-c2ccc3c(n2)C(C)(C)CN3C(=O)NCc2ccc(C#N)cc2)c(C(F)(F)F)c1. The van der Waals surface area contributed by atoms with Crippen molar-refractivity contribution in [3.8, 4) is 23.1 Å². The van der Waals surface area contributed by atoms with Gasteiger partial charge in [-0.2, -0.15) is 18.4 Å². The minimum atomic E-state index is -4.59. The van der Waals surface area contributed by atoms with Crippen LogP contribution in [0.2, 0.25) is 0 Å². The van der Waals surface area contributed by atoms with E-state index in [-0.39, 0.29) is 29.6 Å². The molecule has 6 nitrogen and oxygen atoms in total. The Balaban J connectivity index is 1.62. The molecule has 35 heavy (non-hydrogen) atoms. The van der Waals surface area contributed by atoms with Crippen LogP contribution in [0.25, 0.3) is 11.3 Å². The van der Waals surface area contributed by atoms with Crippen molar-refractivity contribution in [2.45, 2.75) is 32.0 Å². The van der Waals surface area contributed by atoms with Crippen LogP contribution in [-0.2, 0) is 18.1 Å². The van der Waals surface area contributed by atoms with Gasteiger partial charge in [-0.15, -0.1) is 0 Å². The number of alkyl halides is 3. The molecule has 1 aliphatic heterocycles. The maximum Gasteiger partial charge on any atom is 0.417 e. The standard InChI is InChI=1S/C26H23F3N4O2/c1-25(2)15-33(24(34)31-14-17-6-4-16(13-30)5-7-17)22-11-10-21(32-23(22)25)19-9-8-18(35-3)12-20(19)26(27,28)29/h4-12H,14-15H2,1-3H3,(H,31,34). The lowest BCUT2D eigenvalue weighted by molar-refractivity contribution is -0.137. The fourth-order valence-corrected chi connectivity index (χ4v) is 4.13. The predicted molar refractivity (Wildman–Crippen MR) is 125 cm³/mol. The number of anilines is 1. The van der Waals surface area contributed by atoms with E-state index in [4.69, 9.17) is 10.00 Å². The lowest BCUT2D eigenvalue weighted by atomic mass is 9.90. The summed E-state index contributed by atoms with van der Waals surface area (Å²) in [5.74, 6) is 0.104. The Labute approximate surface area is 201 Å². The molecule has 0 bridgehead atoms. The van der Waals surface area contributed by atoms with Crippen molar-refractivity contribution < 1.29 is 22.7 Å². The van der Waals surface area contributed by atoms with E-state index in [0.717, 1.165) is 11.6 Å². The number of aromatic nitrogens is 1. The quantitative estimate of drug-likeness (QED) is 0.523. The lowest BCUT2D eigenvalue weighted by Crippen LogP contribution is -2.41. The van der Waals surface area contributed by atoms with E-state index in [9.17, 15) is 18.0 Å². The molecule has 0 aliphatic carbocycles. The summed E-state index contributed by atoms with van der Waals surface area (Å²) in [7, 11) is 1.31. The Morgan fingerprint density at radius 1 is 1.17 bits per heavy atom. The number of rotatable bonds is 4. The van der Waals surface area contributed by atoms with Gasteiger partial charge in [0.25, 0.3) is 0 Å². The van der Waals surface area contributed by atoms with Crippen LogP contribution in [0.4, 0.5) is 23.7 Å². The van der Waals surface area contributed by atoms with Gasteiger partial charge in [0.2, 0.25) is 0 Å². The van der Waals surface area contributed by atoms with Gasteiger partial charge in [-0.25, -0.2) is 9.78 Å². The van der Waals surface area contributed by atoms with Crippen LogP contribution < -0.4 is 15.0 Å². The number of hydrogen-bond donors (Lipinski definition) is 1. The van der Waals surface area contributed by atoms with Crippen LogP contribution in [0.1, 0.15) is 36.2 Å². The summed E-state index contributed by atoms with van der Waals surface area (Å²) in [4.78, 5) is 19.1. The highest BCUT2D eigenvalue weighted by Gasteiger charge is 2.40.